The Morgan fingerprint density at radius 1 is 0.837 bits per heavy atom. The summed E-state index contributed by atoms with van der Waals surface area (Å²) in [6.45, 7) is 4.57. The Balaban J connectivity index is 1.23. The molecular formula is C35H51F3O4S. The predicted octanol–water partition coefficient (Wildman–Crippen LogP) is 8.26. The van der Waals surface area contributed by atoms with Gasteiger partial charge in [0.05, 0.1) is 15.7 Å². The minimum Gasteiger partial charge on any atom is -0.390 e. The maximum absolute atomic E-state index is 14.1. The molecule has 4 nitrogen and oxygen atoms in total. The van der Waals surface area contributed by atoms with Gasteiger partial charge in [0.15, 0.2) is 15.4 Å². The first-order valence-electron chi connectivity index (χ1n) is 16.9. The molecule has 0 spiro atoms. The second-order valence-corrected chi connectivity index (χ2v) is 18.1. The van der Waals surface area contributed by atoms with Crippen LogP contribution in [0.1, 0.15) is 117 Å². The molecule has 5 aliphatic rings. The summed E-state index contributed by atoms with van der Waals surface area (Å²) < 4.78 is 69.6. The molecular weight excluding hydrogens is 573 g/mol. The van der Waals surface area contributed by atoms with E-state index in [0.717, 1.165) is 57.8 Å². The number of hydrogen-bond donors (Lipinski definition) is 2. The molecule has 8 heteroatoms. The number of benzene rings is 1. The molecule has 1 aromatic carbocycles. The zero-order chi connectivity index (χ0) is 30.9. The van der Waals surface area contributed by atoms with Crippen LogP contribution in [0.25, 0.3) is 0 Å². The van der Waals surface area contributed by atoms with Gasteiger partial charge in [0.2, 0.25) is 0 Å². The van der Waals surface area contributed by atoms with Crippen molar-refractivity contribution < 1.29 is 31.8 Å². The Kier molecular flexibility index (Phi) is 8.15. The molecule has 0 saturated heterocycles. The number of rotatable bonds is 6. The van der Waals surface area contributed by atoms with Gasteiger partial charge in [-0.15, -0.1) is 0 Å². The lowest BCUT2D eigenvalue weighted by Gasteiger charge is -2.62. The Bertz CT molecular complexity index is 1260. The van der Waals surface area contributed by atoms with Crippen molar-refractivity contribution in [1.29, 1.82) is 0 Å². The highest BCUT2D eigenvalue weighted by atomic mass is 32.2. The molecule has 5 saturated carbocycles. The van der Waals surface area contributed by atoms with E-state index >= 15 is 0 Å². The van der Waals surface area contributed by atoms with E-state index in [-0.39, 0.29) is 41.9 Å². The average Bonchev–Trinajstić information content (AvgIpc) is 3.29. The second-order valence-electron chi connectivity index (χ2n) is 15.9. The maximum Gasteiger partial charge on any atom is 0.417 e. The van der Waals surface area contributed by atoms with Crippen LogP contribution >= 0.6 is 0 Å². The number of fused-ring (bicyclic) bond motifs is 5. The van der Waals surface area contributed by atoms with Crippen LogP contribution in [-0.2, 0) is 9.84 Å². The van der Waals surface area contributed by atoms with Crippen molar-refractivity contribution in [2.24, 2.45) is 40.4 Å². The fraction of sp³-hybridized carbons (Fsp3) is 0.829. The molecule has 43 heavy (non-hydrogen) atoms. The highest BCUT2D eigenvalue weighted by Gasteiger charge is 2.65. The third-order valence-corrected chi connectivity index (χ3v) is 16.1. The average molecular weight is 625 g/mol. The molecule has 0 radical (unpaired) electrons. The van der Waals surface area contributed by atoms with E-state index in [9.17, 15) is 31.8 Å². The van der Waals surface area contributed by atoms with E-state index in [1.807, 2.05) is 6.07 Å². The van der Waals surface area contributed by atoms with Crippen LogP contribution in [0.2, 0.25) is 0 Å². The summed E-state index contributed by atoms with van der Waals surface area (Å²) in [5, 5.41) is 21.5. The van der Waals surface area contributed by atoms with Crippen molar-refractivity contribution in [1.82, 2.24) is 0 Å². The van der Waals surface area contributed by atoms with Gasteiger partial charge in [-0.3, -0.25) is 0 Å². The van der Waals surface area contributed by atoms with Crippen LogP contribution in [0, 0.1) is 40.4 Å². The summed E-state index contributed by atoms with van der Waals surface area (Å²) in [6, 6.07) is 8.73. The van der Waals surface area contributed by atoms with Crippen molar-refractivity contribution in [3.63, 3.8) is 0 Å². The zero-order valence-corrected chi connectivity index (χ0v) is 26.7. The van der Waals surface area contributed by atoms with Gasteiger partial charge in [0, 0.05) is 0 Å². The SMILES string of the molecule is CC12CC[C@@](O)(C(F)(F)F)CC1CCC1C2CCC2(C)C1CC[C@H]2CC(CC1(O)CCCCC1)S(=O)(=O)c1ccccc1. The molecule has 5 fully saturated rings. The molecule has 0 aromatic heterocycles. The second kappa shape index (κ2) is 11.0. The summed E-state index contributed by atoms with van der Waals surface area (Å²) in [4.78, 5) is 0.338. The maximum atomic E-state index is 14.1. The van der Waals surface area contributed by atoms with Crippen LogP contribution in [-0.4, -0.2) is 41.3 Å². The predicted molar refractivity (Wildman–Crippen MR) is 161 cm³/mol. The van der Waals surface area contributed by atoms with Crippen molar-refractivity contribution in [2.45, 2.75) is 144 Å². The highest BCUT2D eigenvalue weighted by molar-refractivity contribution is 7.92. The number of halogens is 3. The van der Waals surface area contributed by atoms with Gasteiger partial charge < -0.3 is 10.2 Å². The Labute approximate surface area is 256 Å². The molecule has 0 aliphatic heterocycles. The van der Waals surface area contributed by atoms with Gasteiger partial charge in [-0.05, 0) is 136 Å². The first-order chi connectivity index (χ1) is 20.1. The van der Waals surface area contributed by atoms with E-state index < -0.39 is 32.5 Å². The van der Waals surface area contributed by atoms with Crippen LogP contribution in [0.3, 0.4) is 0 Å². The molecule has 2 N–H and O–H groups in total. The molecule has 7 unspecified atom stereocenters. The quantitative estimate of drug-likeness (QED) is 0.334. The third-order valence-electron chi connectivity index (χ3n) is 13.9. The Morgan fingerprint density at radius 3 is 2.19 bits per heavy atom. The van der Waals surface area contributed by atoms with Gasteiger partial charge in [-0.1, -0.05) is 51.3 Å². The first kappa shape index (κ1) is 31.8. The minimum absolute atomic E-state index is 0.00855. The number of alkyl halides is 3. The van der Waals surface area contributed by atoms with Gasteiger partial charge in [-0.2, -0.15) is 13.2 Å². The summed E-state index contributed by atoms with van der Waals surface area (Å²) in [6.07, 6.45) is 6.12. The van der Waals surface area contributed by atoms with Gasteiger partial charge in [0.25, 0.3) is 0 Å². The normalized spacial score (nSPS) is 42.0. The number of hydrogen-bond acceptors (Lipinski definition) is 4. The fourth-order valence-electron chi connectivity index (χ4n) is 11.3. The lowest BCUT2D eigenvalue weighted by molar-refractivity contribution is -0.290. The van der Waals surface area contributed by atoms with E-state index in [2.05, 4.69) is 13.8 Å². The van der Waals surface area contributed by atoms with Crippen molar-refractivity contribution in [2.75, 3.05) is 0 Å². The van der Waals surface area contributed by atoms with Crippen LogP contribution in [0.5, 0.6) is 0 Å². The topological polar surface area (TPSA) is 74.6 Å². The summed E-state index contributed by atoms with van der Waals surface area (Å²) in [5.74, 6) is 1.35. The van der Waals surface area contributed by atoms with Crippen molar-refractivity contribution in [3.8, 4) is 0 Å². The number of sulfone groups is 1. The third kappa shape index (κ3) is 5.41. The smallest absolute Gasteiger partial charge is 0.390 e. The van der Waals surface area contributed by atoms with Gasteiger partial charge in [-0.25, -0.2) is 8.42 Å². The lowest BCUT2D eigenvalue weighted by Crippen LogP contribution is -2.59. The molecule has 1 aromatic rings. The molecule has 0 amide bonds. The van der Waals surface area contributed by atoms with Crippen LogP contribution in [0.4, 0.5) is 13.2 Å². The van der Waals surface area contributed by atoms with E-state index in [1.165, 1.54) is 0 Å². The van der Waals surface area contributed by atoms with Crippen LogP contribution < -0.4 is 0 Å². The first-order valence-corrected chi connectivity index (χ1v) is 18.5. The van der Waals surface area contributed by atoms with Crippen LogP contribution in [0.15, 0.2) is 35.2 Å². The summed E-state index contributed by atoms with van der Waals surface area (Å²) in [7, 11) is -3.64. The van der Waals surface area contributed by atoms with Crippen molar-refractivity contribution in [3.05, 3.63) is 30.3 Å². The minimum atomic E-state index is -4.59. The molecule has 5 aliphatic carbocycles. The lowest BCUT2D eigenvalue weighted by atomic mass is 9.43. The molecule has 242 valence electrons. The van der Waals surface area contributed by atoms with Gasteiger partial charge in [0.1, 0.15) is 0 Å². The van der Waals surface area contributed by atoms with E-state index in [1.54, 1.807) is 24.3 Å². The Hall–Kier alpha value is -1.12. The van der Waals surface area contributed by atoms with Gasteiger partial charge >= 0.3 is 6.18 Å². The standard InChI is InChI=1S/C35H51F3O4S/c1-31-18-15-30-28(13-11-25-22-34(40,35(36,37)38)20-19-32(25,30)2)29(31)14-12-24(31)21-27(23-33(39)16-7-4-8-17-33)43(41,42)26-9-5-3-6-10-26/h3,5-6,9-10,24-25,27-30,39-40H,4,7-8,11-23H2,1-2H3/t24-,25?,27?,28?,29?,30?,31?,32?,34-/m0/s1. The molecule has 9 atom stereocenters. The fourth-order valence-corrected chi connectivity index (χ4v) is 13.2. The molecule has 6 rings (SSSR count). The van der Waals surface area contributed by atoms with Crippen molar-refractivity contribution >= 4 is 9.84 Å². The van der Waals surface area contributed by atoms with E-state index in [0.29, 0.717) is 48.3 Å². The zero-order valence-electron chi connectivity index (χ0n) is 25.9. The summed E-state index contributed by atoms with van der Waals surface area (Å²) >= 11 is 0. The molecule has 0 bridgehead atoms. The monoisotopic (exact) mass is 624 g/mol. The highest BCUT2D eigenvalue weighted by Crippen LogP contribution is 2.69. The number of aliphatic hydroxyl groups is 2. The van der Waals surface area contributed by atoms with E-state index in [4.69, 9.17) is 0 Å². The summed E-state index contributed by atoms with van der Waals surface area (Å²) in [5.41, 5.74) is -3.70. The largest absolute Gasteiger partial charge is 0.417 e. The molecule has 0 heterocycles. The Morgan fingerprint density at radius 2 is 1.51 bits per heavy atom.